The summed E-state index contributed by atoms with van der Waals surface area (Å²) in [7, 11) is 0. The second kappa shape index (κ2) is 4.57. The molecule has 0 aliphatic rings. The molecule has 0 saturated heterocycles. The van der Waals surface area contributed by atoms with Gasteiger partial charge in [0.15, 0.2) is 0 Å². The molecule has 2 N–H and O–H groups in total. The summed E-state index contributed by atoms with van der Waals surface area (Å²) < 4.78 is 5.29. The molecule has 0 aliphatic carbocycles. The number of hydrogen-bond donors (Lipinski definition) is 1. The fourth-order valence-electron chi connectivity index (χ4n) is 0.853. The molecular formula is C10H12NO. The van der Waals surface area contributed by atoms with Crippen molar-refractivity contribution in [1.82, 2.24) is 0 Å². The highest BCUT2D eigenvalue weighted by atomic mass is 16.5. The van der Waals surface area contributed by atoms with Gasteiger partial charge in [0.1, 0.15) is 12.4 Å². The molecule has 0 atom stereocenters. The third-order valence-corrected chi connectivity index (χ3v) is 1.43. The van der Waals surface area contributed by atoms with E-state index in [2.05, 4.69) is 12.6 Å². The van der Waals surface area contributed by atoms with Crippen LogP contribution in [-0.2, 0) is 6.54 Å². The van der Waals surface area contributed by atoms with Gasteiger partial charge in [-0.2, -0.15) is 0 Å². The SMILES string of the molecule is C=CCOc1c[c]cc(CN)c1. The molecule has 2 nitrogen and oxygen atoms in total. The van der Waals surface area contributed by atoms with Gasteiger partial charge >= 0.3 is 0 Å². The van der Waals surface area contributed by atoms with E-state index in [1.807, 2.05) is 12.1 Å². The highest BCUT2D eigenvalue weighted by Crippen LogP contribution is 2.11. The minimum absolute atomic E-state index is 0.516. The van der Waals surface area contributed by atoms with E-state index in [4.69, 9.17) is 10.5 Å². The summed E-state index contributed by atoms with van der Waals surface area (Å²) in [6.45, 7) is 4.59. The van der Waals surface area contributed by atoms with E-state index < -0.39 is 0 Å². The number of benzene rings is 1. The summed E-state index contributed by atoms with van der Waals surface area (Å²) in [4.78, 5) is 0. The molecule has 1 radical (unpaired) electrons. The first kappa shape index (κ1) is 8.81. The van der Waals surface area contributed by atoms with E-state index in [0.717, 1.165) is 11.3 Å². The first-order valence-corrected chi connectivity index (χ1v) is 3.80. The van der Waals surface area contributed by atoms with E-state index in [1.54, 1.807) is 12.1 Å². The molecule has 0 aromatic heterocycles. The Morgan fingerprint density at radius 3 is 3.08 bits per heavy atom. The Morgan fingerprint density at radius 2 is 2.42 bits per heavy atom. The lowest BCUT2D eigenvalue weighted by Gasteiger charge is -2.03. The average molecular weight is 162 g/mol. The zero-order valence-electron chi connectivity index (χ0n) is 6.92. The third kappa shape index (κ3) is 2.40. The van der Waals surface area contributed by atoms with Gasteiger partial charge in [-0.25, -0.2) is 0 Å². The van der Waals surface area contributed by atoms with Crippen LogP contribution in [0, 0.1) is 6.07 Å². The van der Waals surface area contributed by atoms with Crippen molar-refractivity contribution < 1.29 is 4.74 Å². The predicted molar refractivity (Wildman–Crippen MR) is 48.9 cm³/mol. The van der Waals surface area contributed by atoms with Gasteiger partial charge in [-0.15, -0.1) is 0 Å². The summed E-state index contributed by atoms with van der Waals surface area (Å²) >= 11 is 0. The maximum atomic E-state index is 5.45. The van der Waals surface area contributed by atoms with Crippen molar-refractivity contribution in [3.63, 3.8) is 0 Å². The quantitative estimate of drug-likeness (QED) is 0.681. The smallest absolute Gasteiger partial charge is 0.120 e. The minimum Gasteiger partial charge on any atom is -0.490 e. The van der Waals surface area contributed by atoms with E-state index in [1.165, 1.54) is 0 Å². The van der Waals surface area contributed by atoms with Crippen LogP contribution in [0.2, 0.25) is 0 Å². The molecule has 0 heterocycles. The van der Waals surface area contributed by atoms with Crippen molar-refractivity contribution in [1.29, 1.82) is 0 Å². The summed E-state index contributed by atoms with van der Waals surface area (Å²) in [6.07, 6.45) is 1.70. The molecule has 0 amide bonds. The number of hydrogen-bond acceptors (Lipinski definition) is 2. The van der Waals surface area contributed by atoms with E-state index in [-0.39, 0.29) is 0 Å². The topological polar surface area (TPSA) is 35.2 Å². The maximum Gasteiger partial charge on any atom is 0.120 e. The van der Waals surface area contributed by atoms with Crippen molar-refractivity contribution in [2.24, 2.45) is 5.73 Å². The van der Waals surface area contributed by atoms with E-state index in [9.17, 15) is 0 Å². The Kier molecular flexibility index (Phi) is 3.35. The van der Waals surface area contributed by atoms with Crippen molar-refractivity contribution in [2.45, 2.75) is 6.54 Å². The summed E-state index contributed by atoms with van der Waals surface area (Å²) in [5.74, 6) is 0.790. The van der Waals surface area contributed by atoms with Crippen LogP contribution in [-0.4, -0.2) is 6.61 Å². The fourth-order valence-corrected chi connectivity index (χ4v) is 0.853. The zero-order chi connectivity index (χ0) is 8.81. The minimum atomic E-state index is 0.516. The Balaban J connectivity index is 2.65. The molecule has 12 heavy (non-hydrogen) atoms. The molecule has 1 rings (SSSR count). The van der Waals surface area contributed by atoms with Crippen LogP contribution in [0.3, 0.4) is 0 Å². The summed E-state index contributed by atoms with van der Waals surface area (Å²) in [5, 5.41) is 0. The highest BCUT2D eigenvalue weighted by Gasteiger charge is 1.93. The van der Waals surface area contributed by atoms with Crippen LogP contribution >= 0.6 is 0 Å². The molecule has 1 aromatic rings. The van der Waals surface area contributed by atoms with Gasteiger partial charge in [-0.05, 0) is 29.8 Å². The van der Waals surface area contributed by atoms with Gasteiger partial charge in [0.2, 0.25) is 0 Å². The van der Waals surface area contributed by atoms with Gasteiger partial charge in [-0.1, -0.05) is 12.7 Å². The molecule has 0 bridgehead atoms. The predicted octanol–water partition coefficient (Wildman–Crippen LogP) is 1.51. The van der Waals surface area contributed by atoms with Gasteiger partial charge in [-0.3, -0.25) is 0 Å². The van der Waals surface area contributed by atoms with Crippen LogP contribution < -0.4 is 10.5 Å². The summed E-state index contributed by atoms with van der Waals surface area (Å²) in [6, 6.07) is 8.48. The van der Waals surface area contributed by atoms with Crippen LogP contribution in [0.15, 0.2) is 30.9 Å². The monoisotopic (exact) mass is 162 g/mol. The molecule has 0 spiro atoms. The maximum absolute atomic E-state index is 5.45. The Bertz CT molecular complexity index is 258. The van der Waals surface area contributed by atoms with Crippen molar-refractivity contribution in [2.75, 3.05) is 6.61 Å². The first-order valence-electron chi connectivity index (χ1n) is 3.80. The van der Waals surface area contributed by atoms with E-state index >= 15 is 0 Å². The second-order valence-electron chi connectivity index (χ2n) is 2.38. The molecule has 0 unspecified atom stereocenters. The third-order valence-electron chi connectivity index (χ3n) is 1.43. The van der Waals surface area contributed by atoms with Gasteiger partial charge in [0, 0.05) is 6.54 Å². The van der Waals surface area contributed by atoms with Crippen LogP contribution in [0.1, 0.15) is 5.56 Å². The van der Waals surface area contributed by atoms with Crippen LogP contribution in [0.4, 0.5) is 0 Å². The lowest BCUT2D eigenvalue weighted by molar-refractivity contribution is 0.363. The van der Waals surface area contributed by atoms with Crippen LogP contribution in [0.25, 0.3) is 0 Å². The van der Waals surface area contributed by atoms with Crippen molar-refractivity contribution in [3.8, 4) is 5.75 Å². The Labute approximate surface area is 72.7 Å². The second-order valence-corrected chi connectivity index (χ2v) is 2.38. The fraction of sp³-hybridized carbons (Fsp3) is 0.200. The molecule has 0 fully saturated rings. The van der Waals surface area contributed by atoms with Crippen molar-refractivity contribution in [3.05, 3.63) is 42.5 Å². The molecule has 1 aromatic carbocycles. The first-order chi connectivity index (χ1) is 5.86. The number of ether oxygens (including phenoxy) is 1. The van der Waals surface area contributed by atoms with Gasteiger partial charge in [0.05, 0.1) is 0 Å². The Morgan fingerprint density at radius 1 is 1.58 bits per heavy atom. The van der Waals surface area contributed by atoms with Gasteiger partial charge < -0.3 is 10.5 Å². The molecule has 0 saturated carbocycles. The molecule has 2 heteroatoms. The van der Waals surface area contributed by atoms with Crippen LogP contribution in [0.5, 0.6) is 5.75 Å². The lowest BCUT2D eigenvalue weighted by atomic mass is 10.2. The Hall–Kier alpha value is -1.28. The normalized spacial score (nSPS) is 9.42. The van der Waals surface area contributed by atoms with E-state index in [0.29, 0.717) is 13.2 Å². The van der Waals surface area contributed by atoms with Gasteiger partial charge in [0.25, 0.3) is 0 Å². The highest BCUT2D eigenvalue weighted by molar-refractivity contribution is 5.27. The zero-order valence-corrected chi connectivity index (χ0v) is 6.92. The average Bonchev–Trinajstić information content (AvgIpc) is 2.15. The molecule has 63 valence electrons. The standard InChI is InChI=1S/C10H12NO/c1-2-6-12-10-5-3-4-9(7-10)8-11/h2,4-5,7H,1,6,8,11H2. The lowest BCUT2D eigenvalue weighted by Crippen LogP contribution is -1.98. The number of nitrogens with two attached hydrogens (primary N) is 1. The molecule has 0 aliphatic heterocycles. The van der Waals surface area contributed by atoms with Crippen molar-refractivity contribution >= 4 is 0 Å². The largest absolute Gasteiger partial charge is 0.490 e. The summed E-state index contributed by atoms with van der Waals surface area (Å²) in [5.41, 5.74) is 6.48. The number of rotatable bonds is 4. The molecular weight excluding hydrogens is 150 g/mol.